The Kier molecular flexibility index (Phi) is 8.34. The van der Waals surface area contributed by atoms with Crippen LogP contribution in [0.4, 0.5) is 21.9 Å². The summed E-state index contributed by atoms with van der Waals surface area (Å²) in [4.78, 5) is 55.2. The molecular formula is C27H22ClN9O6. The first kappa shape index (κ1) is 28.8. The van der Waals surface area contributed by atoms with Gasteiger partial charge in [-0.05, 0) is 59.0 Å². The lowest BCUT2D eigenvalue weighted by Crippen LogP contribution is -2.45. The maximum Gasteiger partial charge on any atom is 0.411 e. The van der Waals surface area contributed by atoms with Gasteiger partial charge in [0.25, 0.3) is 11.6 Å². The molecule has 218 valence electrons. The summed E-state index contributed by atoms with van der Waals surface area (Å²) in [5, 5.41) is 28.3. The topological polar surface area (TPSA) is 187 Å². The smallest absolute Gasteiger partial charge is 0.411 e. The number of amides is 3. The number of nitrogens with one attached hydrogen (secondary N) is 2. The van der Waals surface area contributed by atoms with Gasteiger partial charge < -0.3 is 15.0 Å². The van der Waals surface area contributed by atoms with E-state index in [1.54, 1.807) is 42.5 Å². The highest BCUT2D eigenvalue weighted by Crippen LogP contribution is 2.33. The van der Waals surface area contributed by atoms with Gasteiger partial charge in [-0.25, -0.2) is 4.79 Å². The molecule has 0 radical (unpaired) electrons. The Hall–Kier alpha value is -5.70. The van der Waals surface area contributed by atoms with Gasteiger partial charge in [-0.1, -0.05) is 11.6 Å². The van der Waals surface area contributed by atoms with Crippen molar-refractivity contribution in [2.75, 3.05) is 24.3 Å². The van der Waals surface area contributed by atoms with E-state index < -0.39 is 28.9 Å². The summed E-state index contributed by atoms with van der Waals surface area (Å²) in [5.74, 6) is -1.15. The summed E-state index contributed by atoms with van der Waals surface area (Å²) >= 11 is 6.19. The third-order valence-electron chi connectivity index (χ3n) is 6.50. The molecule has 0 aliphatic carbocycles. The number of nitro groups is 1. The number of ether oxygens (including phenoxy) is 1. The number of anilines is 2. The first-order valence-corrected chi connectivity index (χ1v) is 13.0. The van der Waals surface area contributed by atoms with Gasteiger partial charge in [0.15, 0.2) is 0 Å². The van der Waals surface area contributed by atoms with Gasteiger partial charge in [0, 0.05) is 58.3 Å². The second-order valence-electron chi connectivity index (χ2n) is 9.14. The maximum atomic E-state index is 13.7. The fraction of sp³-hybridized carbons (Fsp3) is 0.148. The zero-order chi connectivity index (χ0) is 30.5. The molecule has 15 nitrogen and oxygen atoms in total. The molecule has 1 atom stereocenters. The number of fused-ring (bicyclic) bond motifs is 1. The Morgan fingerprint density at radius 3 is 2.53 bits per heavy atom. The van der Waals surface area contributed by atoms with Crippen molar-refractivity contribution in [2.45, 2.75) is 12.5 Å². The Bertz CT molecular complexity index is 1730. The predicted octanol–water partition coefficient (Wildman–Crippen LogP) is 3.58. The third-order valence-corrected chi connectivity index (χ3v) is 6.74. The van der Waals surface area contributed by atoms with E-state index in [2.05, 4.69) is 35.9 Å². The molecule has 1 aliphatic heterocycles. The Labute approximate surface area is 248 Å². The van der Waals surface area contributed by atoms with E-state index in [-0.39, 0.29) is 24.2 Å². The Morgan fingerprint density at radius 2 is 1.86 bits per heavy atom. The molecule has 0 fully saturated rings. The highest BCUT2D eigenvalue weighted by molar-refractivity contribution is 6.30. The largest absolute Gasteiger partial charge is 0.453 e. The van der Waals surface area contributed by atoms with E-state index >= 15 is 0 Å². The number of methoxy groups -OCH3 is 1. The van der Waals surface area contributed by atoms with Crippen molar-refractivity contribution < 1.29 is 24.0 Å². The van der Waals surface area contributed by atoms with Crippen molar-refractivity contribution >= 4 is 52.6 Å². The molecular weight excluding hydrogens is 582 g/mol. The molecule has 0 spiro atoms. The summed E-state index contributed by atoms with van der Waals surface area (Å²) < 4.78 is 5.98. The lowest BCUT2D eigenvalue weighted by Gasteiger charge is -2.35. The quantitative estimate of drug-likeness (QED) is 0.179. The van der Waals surface area contributed by atoms with Crippen LogP contribution in [0.2, 0.25) is 5.02 Å². The number of tetrazole rings is 1. The van der Waals surface area contributed by atoms with Gasteiger partial charge in [-0.2, -0.15) is 4.68 Å². The number of rotatable bonds is 7. The molecule has 2 aromatic heterocycles. The molecule has 2 N–H and O–H groups in total. The van der Waals surface area contributed by atoms with Crippen molar-refractivity contribution in [3.8, 4) is 5.69 Å². The van der Waals surface area contributed by atoms with Crippen molar-refractivity contribution in [2.24, 2.45) is 0 Å². The average Bonchev–Trinajstić information content (AvgIpc) is 3.54. The number of hydrogen-bond acceptors (Lipinski definition) is 10. The zero-order valence-corrected chi connectivity index (χ0v) is 23.1. The molecule has 0 saturated carbocycles. The lowest BCUT2D eigenvalue weighted by molar-refractivity contribution is -0.385. The second kappa shape index (κ2) is 12.4. The molecule has 0 saturated heterocycles. The molecule has 3 amide bonds. The lowest BCUT2D eigenvalue weighted by atomic mass is 9.95. The highest BCUT2D eigenvalue weighted by Gasteiger charge is 2.37. The van der Waals surface area contributed by atoms with Gasteiger partial charge in [0.05, 0.1) is 17.7 Å². The minimum Gasteiger partial charge on any atom is -0.453 e. The van der Waals surface area contributed by atoms with Crippen molar-refractivity contribution in [1.82, 2.24) is 30.1 Å². The van der Waals surface area contributed by atoms with Crippen molar-refractivity contribution in [3.05, 3.63) is 99.1 Å². The van der Waals surface area contributed by atoms with Crippen LogP contribution >= 0.6 is 11.6 Å². The van der Waals surface area contributed by atoms with Crippen LogP contribution in [0.3, 0.4) is 0 Å². The molecule has 0 bridgehead atoms. The summed E-state index contributed by atoms with van der Waals surface area (Å²) in [6.45, 7) is 0.121. The Balaban J connectivity index is 1.45. The molecule has 2 aromatic carbocycles. The summed E-state index contributed by atoms with van der Waals surface area (Å²) in [5.41, 5.74) is 2.26. The number of carbonyl (C=O) groups excluding carboxylic acids is 3. The first-order chi connectivity index (χ1) is 20.7. The number of carbonyl (C=O) groups is 3. The van der Waals surface area contributed by atoms with E-state index in [0.717, 1.165) is 6.20 Å². The van der Waals surface area contributed by atoms with Gasteiger partial charge >= 0.3 is 6.09 Å². The molecule has 1 aliphatic rings. The molecule has 4 aromatic rings. The van der Waals surface area contributed by atoms with E-state index in [9.17, 15) is 24.5 Å². The van der Waals surface area contributed by atoms with Gasteiger partial charge in [-0.3, -0.25) is 30.0 Å². The normalized spacial score (nSPS) is 14.2. The third kappa shape index (κ3) is 6.46. The molecule has 16 heteroatoms. The fourth-order valence-corrected chi connectivity index (χ4v) is 4.68. The van der Waals surface area contributed by atoms with E-state index in [4.69, 9.17) is 11.6 Å². The van der Waals surface area contributed by atoms with E-state index in [1.165, 1.54) is 41.2 Å². The molecule has 1 unspecified atom stereocenters. The van der Waals surface area contributed by atoms with Crippen LogP contribution in [0.1, 0.15) is 22.9 Å². The molecule has 43 heavy (non-hydrogen) atoms. The second-order valence-corrected chi connectivity index (χ2v) is 9.58. The minimum absolute atomic E-state index is 0.121. The monoisotopic (exact) mass is 603 g/mol. The van der Waals surface area contributed by atoms with Crippen LogP contribution in [0.15, 0.2) is 67.1 Å². The average molecular weight is 604 g/mol. The standard InChI is InChI=1S/C27H22ClN9O6/c1-43-27(40)32-19-6-4-18(5-7-19)31-26(39)25-21-13-20(37(41)42)14-29-22(21)10-11-35(25)24(38)9-2-16-12-17(28)3-8-23(16)36-15-30-33-34-36/h2-9,12-15,25H,10-11H2,1H3,(H,31,39)(H,32,40)/b9-2+. The van der Waals surface area contributed by atoms with Crippen LogP contribution in [0.5, 0.6) is 0 Å². The van der Waals surface area contributed by atoms with E-state index in [1.807, 2.05) is 0 Å². The van der Waals surface area contributed by atoms with Crippen LogP contribution in [-0.4, -0.2) is 66.6 Å². The number of halogens is 1. The van der Waals surface area contributed by atoms with Gasteiger partial charge in [0.1, 0.15) is 18.6 Å². The maximum absolute atomic E-state index is 13.7. The summed E-state index contributed by atoms with van der Waals surface area (Å²) in [6.07, 6.45) is 4.93. The molecule has 3 heterocycles. The number of nitrogens with zero attached hydrogens (tertiary/aromatic N) is 7. The minimum atomic E-state index is -1.24. The van der Waals surface area contributed by atoms with Gasteiger partial charge in [0.2, 0.25) is 5.91 Å². The summed E-state index contributed by atoms with van der Waals surface area (Å²) in [7, 11) is 1.23. The summed E-state index contributed by atoms with van der Waals surface area (Å²) in [6, 6.07) is 11.2. The first-order valence-electron chi connectivity index (χ1n) is 12.6. The van der Waals surface area contributed by atoms with E-state index in [0.29, 0.717) is 33.3 Å². The number of aromatic nitrogens is 5. The van der Waals surface area contributed by atoms with Crippen LogP contribution < -0.4 is 10.6 Å². The van der Waals surface area contributed by atoms with Crippen molar-refractivity contribution in [3.63, 3.8) is 0 Å². The number of hydrogen-bond donors (Lipinski definition) is 2. The fourth-order valence-electron chi connectivity index (χ4n) is 4.50. The highest BCUT2D eigenvalue weighted by atomic mass is 35.5. The van der Waals surface area contributed by atoms with Crippen LogP contribution in [0.25, 0.3) is 11.8 Å². The number of benzene rings is 2. The van der Waals surface area contributed by atoms with Crippen LogP contribution in [0, 0.1) is 10.1 Å². The van der Waals surface area contributed by atoms with Crippen LogP contribution in [-0.2, 0) is 20.7 Å². The number of pyridine rings is 1. The SMILES string of the molecule is COC(=O)Nc1ccc(NC(=O)C2c3cc([N+](=O)[O-])cnc3CCN2C(=O)/C=C/c2cc(Cl)ccc2-n2cnnn2)cc1. The molecule has 5 rings (SSSR count). The Morgan fingerprint density at radius 1 is 1.12 bits per heavy atom. The van der Waals surface area contributed by atoms with Gasteiger partial charge in [-0.15, -0.1) is 5.10 Å². The predicted molar refractivity (Wildman–Crippen MR) is 153 cm³/mol. The van der Waals surface area contributed by atoms with Crippen molar-refractivity contribution in [1.29, 1.82) is 0 Å². The zero-order valence-electron chi connectivity index (χ0n) is 22.4.